The third-order valence-electron chi connectivity index (χ3n) is 2.74. The number of carboxylic acids is 1. The molecule has 0 unspecified atom stereocenters. The van der Waals surface area contributed by atoms with Gasteiger partial charge in [0, 0.05) is 12.4 Å². The van der Waals surface area contributed by atoms with Gasteiger partial charge in [0.05, 0.1) is 11.4 Å². The summed E-state index contributed by atoms with van der Waals surface area (Å²) in [6.07, 6.45) is 3.61. The quantitative estimate of drug-likeness (QED) is 0.801. The molecule has 3 aromatic heterocycles. The van der Waals surface area contributed by atoms with Crippen molar-refractivity contribution < 1.29 is 9.90 Å². The van der Waals surface area contributed by atoms with Crippen LogP contribution in [-0.4, -0.2) is 20.6 Å². The molecule has 3 rings (SSSR count). The van der Waals surface area contributed by atoms with E-state index in [0.29, 0.717) is 11.4 Å². The molecule has 0 aliphatic carbocycles. The number of carboxylic acid groups (broad SMARTS) is 1. The maximum absolute atomic E-state index is 11.1. The summed E-state index contributed by atoms with van der Waals surface area (Å²) in [7, 11) is 0. The standard InChI is InChI=1S/C13H10N2O2S2/c16-13(17)11-9(3-7-19-11)8-15-5-4-14-12(15)10-2-1-6-18-10/h1-7H,8H2,(H,16,17). The summed E-state index contributed by atoms with van der Waals surface area (Å²) < 4.78 is 1.97. The highest BCUT2D eigenvalue weighted by Crippen LogP contribution is 2.25. The van der Waals surface area contributed by atoms with Crippen molar-refractivity contribution in [2.24, 2.45) is 0 Å². The van der Waals surface area contributed by atoms with Crippen molar-refractivity contribution in [2.75, 3.05) is 0 Å². The van der Waals surface area contributed by atoms with Crippen LogP contribution in [0.3, 0.4) is 0 Å². The molecular weight excluding hydrogens is 280 g/mol. The van der Waals surface area contributed by atoms with Gasteiger partial charge in [-0.3, -0.25) is 0 Å². The fourth-order valence-electron chi connectivity index (χ4n) is 1.90. The minimum atomic E-state index is -0.872. The van der Waals surface area contributed by atoms with Crippen LogP contribution < -0.4 is 0 Å². The van der Waals surface area contributed by atoms with Crippen LogP contribution in [0.2, 0.25) is 0 Å². The van der Waals surface area contributed by atoms with E-state index in [0.717, 1.165) is 16.3 Å². The number of imidazole rings is 1. The first-order valence-corrected chi connectivity index (χ1v) is 7.36. The van der Waals surface area contributed by atoms with Crippen LogP contribution in [-0.2, 0) is 6.54 Å². The third kappa shape index (κ3) is 2.32. The Labute approximate surface area is 117 Å². The molecule has 0 bridgehead atoms. The monoisotopic (exact) mass is 290 g/mol. The highest BCUT2D eigenvalue weighted by Gasteiger charge is 2.14. The van der Waals surface area contributed by atoms with Gasteiger partial charge in [0.2, 0.25) is 0 Å². The Hall–Kier alpha value is -1.92. The van der Waals surface area contributed by atoms with Crippen molar-refractivity contribution in [2.45, 2.75) is 6.54 Å². The second-order valence-corrected chi connectivity index (χ2v) is 5.80. The molecule has 0 fully saturated rings. The van der Waals surface area contributed by atoms with Crippen molar-refractivity contribution >= 4 is 28.6 Å². The van der Waals surface area contributed by atoms with E-state index < -0.39 is 5.97 Å². The Balaban J connectivity index is 1.94. The van der Waals surface area contributed by atoms with Gasteiger partial charge in [-0.2, -0.15) is 0 Å². The normalized spacial score (nSPS) is 10.7. The first-order valence-electron chi connectivity index (χ1n) is 5.60. The summed E-state index contributed by atoms with van der Waals surface area (Å²) in [6.45, 7) is 0.526. The summed E-state index contributed by atoms with van der Waals surface area (Å²) in [5.74, 6) is 0.000303. The largest absolute Gasteiger partial charge is 0.477 e. The number of hydrogen-bond acceptors (Lipinski definition) is 4. The third-order valence-corrected chi connectivity index (χ3v) is 4.55. The predicted molar refractivity (Wildman–Crippen MR) is 75.9 cm³/mol. The summed E-state index contributed by atoms with van der Waals surface area (Å²) in [6, 6.07) is 5.84. The molecule has 0 saturated heterocycles. The molecule has 0 aliphatic heterocycles. The molecule has 0 amide bonds. The van der Waals surface area contributed by atoms with Crippen molar-refractivity contribution in [3.63, 3.8) is 0 Å². The molecule has 0 spiro atoms. The second-order valence-electron chi connectivity index (χ2n) is 3.94. The van der Waals surface area contributed by atoms with Gasteiger partial charge in [-0.1, -0.05) is 6.07 Å². The molecule has 0 aliphatic rings. The molecule has 0 radical (unpaired) electrons. The molecule has 0 saturated carbocycles. The topological polar surface area (TPSA) is 55.1 Å². The zero-order valence-electron chi connectivity index (χ0n) is 9.81. The lowest BCUT2D eigenvalue weighted by Crippen LogP contribution is -2.04. The van der Waals surface area contributed by atoms with Gasteiger partial charge in [0.1, 0.15) is 10.7 Å². The van der Waals surface area contributed by atoms with Crippen molar-refractivity contribution in [1.82, 2.24) is 9.55 Å². The number of aromatic carboxylic acids is 1. The minimum absolute atomic E-state index is 0.394. The molecule has 6 heteroatoms. The number of carbonyl (C=O) groups is 1. The number of rotatable bonds is 4. The smallest absolute Gasteiger partial charge is 0.346 e. The maximum atomic E-state index is 11.1. The van der Waals surface area contributed by atoms with Crippen molar-refractivity contribution in [3.8, 4) is 10.7 Å². The van der Waals surface area contributed by atoms with E-state index in [1.54, 1.807) is 22.9 Å². The van der Waals surface area contributed by atoms with Gasteiger partial charge in [0.25, 0.3) is 0 Å². The second kappa shape index (κ2) is 4.99. The van der Waals surface area contributed by atoms with Crippen molar-refractivity contribution in [3.05, 3.63) is 51.8 Å². The Kier molecular flexibility index (Phi) is 3.18. The molecule has 96 valence electrons. The molecule has 4 nitrogen and oxygen atoms in total. The highest BCUT2D eigenvalue weighted by atomic mass is 32.1. The van der Waals surface area contributed by atoms with Gasteiger partial charge < -0.3 is 9.67 Å². The lowest BCUT2D eigenvalue weighted by atomic mass is 10.2. The highest BCUT2D eigenvalue weighted by molar-refractivity contribution is 7.13. The average Bonchev–Trinajstić information content (AvgIpc) is 3.09. The van der Waals surface area contributed by atoms with Crippen LogP contribution in [0.25, 0.3) is 10.7 Å². The lowest BCUT2D eigenvalue weighted by molar-refractivity contribution is 0.0701. The summed E-state index contributed by atoms with van der Waals surface area (Å²) in [5, 5.41) is 12.9. The SMILES string of the molecule is O=C(O)c1sccc1Cn1ccnc1-c1cccs1. The van der Waals surface area contributed by atoms with Crippen LogP contribution in [0.5, 0.6) is 0 Å². The Morgan fingerprint density at radius 3 is 2.95 bits per heavy atom. The number of aromatic nitrogens is 2. The number of nitrogens with zero attached hydrogens (tertiary/aromatic N) is 2. The molecule has 1 N–H and O–H groups in total. The minimum Gasteiger partial charge on any atom is -0.477 e. The van der Waals surface area contributed by atoms with E-state index in [2.05, 4.69) is 4.98 Å². The Morgan fingerprint density at radius 2 is 2.21 bits per heavy atom. The maximum Gasteiger partial charge on any atom is 0.346 e. The predicted octanol–water partition coefficient (Wildman–Crippen LogP) is 3.42. The van der Waals surface area contributed by atoms with E-state index in [1.807, 2.05) is 34.3 Å². The molecule has 0 aromatic carbocycles. The van der Waals surface area contributed by atoms with Crippen LogP contribution in [0.1, 0.15) is 15.2 Å². The lowest BCUT2D eigenvalue weighted by Gasteiger charge is -2.06. The summed E-state index contributed by atoms with van der Waals surface area (Å²) in [4.78, 5) is 16.9. The molecule has 19 heavy (non-hydrogen) atoms. The van der Waals surface area contributed by atoms with Gasteiger partial charge >= 0.3 is 5.97 Å². The zero-order chi connectivity index (χ0) is 13.2. The fourth-order valence-corrected chi connectivity index (χ4v) is 3.39. The first-order chi connectivity index (χ1) is 9.25. The Morgan fingerprint density at radius 1 is 1.32 bits per heavy atom. The van der Waals surface area contributed by atoms with E-state index in [1.165, 1.54) is 11.3 Å². The molecule has 0 atom stereocenters. The first kappa shape index (κ1) is 12.1. The van der Waals surface area contributed by atoms with Gasteiger partial charge in [0.15, 0.2) is 0 Å². The number of hydrogen-bond donors (Lipinski definition) is 1. The molecule has 3 aromatic rings. The summed E-state index contributed by atoms with van der Waals surface area (Å²) in [5.41, 5.74) is 0.813. The van der Waals surface area contributed by atoms with Crippen LogP contribution in [0, 0.1) is 0 Å². The van der Waals surface area contributed by atoms with E-state index >= 15 is 0 Å². The molecular formula is C13H10N2O2S2. The molecule has 3 heterocycles. The van der Waals surface area contributed by atoms with Crippen LogP contribution in [0.15, 0.2) is 41.4 Å². The van der Waals surface area contributed by atoms with Crippen LogP contribution in [0.4, 0.5) is 0 Å². The van der Waals surface area contributed by atoms with E-state index in [-0.39, 0.29) is 0 Å². The fraction of sp³-hybridized carbons (Fsp3) is 0.0769. The van der Waals surface area contributed by atoms with Gasteiger partial charge in [-0.05, 0) is 28.5 Å². The number of thiophene rings is 2. The average molecular weight is 290 g/mol. The van der Waals surface area contributed by atoms with Gasteiger partial charge in [-0.15, -0.1) is 22.7 Å². The zero-order valence-corrected chi connectivity index (χ0v) is 11.4. The van der Waals surface area contributed by atoms with E-state index in [9.17, 15) is 4.79 Å². The summed E-state index contributed by atoms with van der Waals surface area (Å²) >= 11 is 2.87. The van der Waals surface area contributed by atoms with Crippen molar-refractivity contribution in [1.29, 1.82) is 0 Å². The van der Waals surface area contributed by atoms with E-state index in [4.69, 9.17) is 5.11 Å². The Bertz CT molecular complexity index is 698. The van der Waals surface area contributed by atoms with Crippen LogP contribution >= 0.6 is 22.7 Å². The van der Waals surface area contributed by atoms with Gasteiger partial charge in [-0.25, -0.2) is 9.78 Å².